The van der Waals surface area contributed by atoms with Crippen LogP contribution in [0.15, 0.2) is 41.0 Å². The molecule has 14 heavy (non-hydrogen) atoms. The van der Waals surface area contributed by atoms with Gasteiger partial charge in [-0.25, -0.2) is 0 Å². The fourth-order valence-corrected chi connectivity index (χ4v) is 0.888. The molecular formula is C11H14N2O. The molecule has 1 aromatic carbocycles. The van der Waals surface area contributed by atoms with Crippen molar-refractivity contribution in [3.8, 4) is 5.75 Å². The van der Waals surface area contributed by atoms with Crippen molar-refractivity contribution in [2.45, 2.75) is 6.92 Å². The van der Waals surface area contributed by atoms with E-state index in [0.717, 1.165) is 17.0 Å². The third-order valence-electron chi connectivity index (χ3n) is 1.75. The van der Waals surface area contributed by atoms with E-state index in [-0.39, 0.29) is 0 Å². The van der Waals surface area contributed by atoms with Crippen molar-refractivity contribution < 1.29 is 4.74 Å². The van der Waals surface area contributed by atoms with Crippen LogP contribution in [0.4, 0.5) is 5.69 Å². The van der Waals surface area contributed by atoms with Gasteiger partial charge < -0.3 is 10.5 Å². The van der Waals surface area contributed by atoms with Crippen LogP contribution in [0.2, 0.25) is 0 Å². The minimum Gasteiger partial charge on any atom is -0.497 e. The zero-order valence-corrected chi connectivity index (χ0v) is 8.40. The van der Waals surface area contributed by atoms with E-state index in [2.05, 4.69) is 4.99 Å². The Bertz CT molecular complexity index is 339. The van der Waals surface area contributed by atoms with Crippen molar-refractivity contribution in [2.75, 3.05) is 7.11 Å². The first-order chi connectivity index (χ1) is 6.76. The molecule has 74 valence electrons. The zero-order chi connectivity index (χ0) is 10.4. The number of hydrogen-bond acceptors (Lipinski definition) is 3. The summed E-state index contributed by atoms with van der Waals surface area (Å²) in [5.41, 5.74) is 7.12. The molecule has 0 aliphatic rings. The fourth-order valence-electron chi connectivity index (χ4n) is 0.888. The van der Waals surface area contributed by atoms with Crippen LogP contribution in [0.3, 0.4) is 0 Å². The van der Waals surface area contributed by atoms with Gasteiger partial charge in [-0.2, -0.15) is 0 Å². The molecule has 0 aliphatic heterocycles. The van der Waals surface area contributed by atoms with Gasteiger partial charge in [0.05, 0.1) is 12.8 Å². The Morgan fingerprint density at radius 1 is 1.36 bits per heavy atom. The van der Waals surface area contributed by atoms with E-state index >= 15 is 0 Å². The van der Waals surface area contributed by atoms with Crippen LogP contribution >= 0.6 is 0 Å². The summed E-state index contributed by atoms with van der Waals surface area (Å²) in [4.78, 5) is 4.22. The Morgan fingerprint density at radius 2 is 2.00 bits per heavy atom. The molecule has 0 aliphatic carbocycles. The Labute approximate surface area is 83.9 Å². The van der Waals surface area contributed by atoms with Crippen LogP contribution in [0.5, 0.6) is 5.75 Å². The van der Waals surface area contributed by atoms with E-state index in [1.54, 1.807) is 13.3 Å². The Balaban J connectivity index is 2.73. The highest BCUT2D eigenvalue weighted by Gasteiger charge is 1.90. The van der Waals surface area contributed by atoms with Crippen molar-refractivity contribution in [3.63, 3.8) is 0 Å². The summed E-state index contributed by atoms with van der Waals surface area (Å²) in [6.45, 7) is 1.90. The third-order valence-corrected chi connectivity index (χ3v) is 1.75. The van der Waals surface area contributed by atoms with Crippen LogP contribution < -0.4 is 10.5 Å². The predicted octanol–water partition coefficient (Wildman–Crippen LogP) is 2.26. The molecular weight excluding hydrogens is 176 g/mol. The molecule has 0 spiro atoms. The summed E-state index contributed by atoms with van der Waals surface area (Å²) in [5.74, 6) is 0.829. The number of nitrogens with zero attached hydrogens (tertiary/aromatic N) is 1. The number of hydrogen-bond donors (Lipinski definition) is 1. The van der Waals surface area contributed by atoms with Gasteiger partial charge in [0.2, 0.25) is 0 Å². The number of allylic oxidation sites excluding steroid dienone is 1. The van der Waals surface area contributed by atoms with Crippen molar-refractivity contribution in [1.82, 2.24) is 0 Å². The van der Waals surface area contributed by atoms with Crippen LogP contribution in [-0.2, 0) is 0 Å². The Morgan fingerprint density at radius 3 is 2.50 bits per heavy atom. The molecule has 2 N–H and O–H groups in total. The lowest BCUT2D eigenvalue weighted by Crippen LogP contribution is -1.84. The molecule has 0 saturated heterocycles. The molecule has 3 nitrogen and oxygen atoms in total. The monoisotopic (exact) mass is 190 g/mol. The number of rotatable bonds is 3. The van der Waals surface area contributed by atoms with E-state index in [1.807, 2.05) is 31.2 Å². The minimum atomic E-state index is 0.829. The van der Waals surface area contributed by atoms with Gasteiger partial charge in [0.15, 0.2) is 0 Å². The van der Waals surface area contributed by atoms with Gasteiger partial charge >= 0.3 is 0 Å². The molecule has 0 fully saturated rings. The highest BCUT2D eigenvalue weighted by atomic mass is 16.5. The smallest absolute Gasteiger partial charge is 0.119 e. The van der Waals surface area contributed by atoms with Gasteiger partial charge in [-0.05, 0) is 43.0 Å². The van der Waals surface area contributed by atoms with Crippen LogP contribution in [0, 0.1) is 0 Å². The molecule has 0 heterocycles. The fraction of sp³-hybridized carbons (Fsp3) is 0.182. The number of aliphatic imine (C=N–C) groups is 1. The molecule has 0 aromatic heterocycles. The number of ether oxygens (including phenoxy) is 1. The van der Waals surface area contributed by atoms with Crippen molar-refractivity contribution >= 4 is 11.9 Å². The van der Waals surface area contributed by atoms with Gasteiger partial charge in [0, 0.05) is 6.21 Å². The second-order valence-corrected chi connectivity index (χ2v) is 2.87. The lowest BCUT2D eigenvalue weighted by atomic mass is 10.3. The van der Waals surface area contributed by atoms with Crippen LogP contribution in [0.1, 0.15) is 6.92 Å². The largest absolute Gasteiger partial charge is 0.497 e. The van der Waals surface area contributed by atoms with E-state index in [9.17, 15) is 0 Å². The Kier molecular flexibility index (Phi) is 3.73. The zero-order valence-electron chi connectivity index (χ0n) is 8.40. The second kappa shape index (κ2) is 5.07. The number of methoxy groups -OCH3 is 1. The highest BCUT2D eigenvalue weighted by molar-refractivity contribution is 5.80. The average molecular weight is 190 g/mol. The first-order valence-corrected chi connectivity index (χ1v) is 4.33. The van der Waals surface area contributed by atoms with Gasteiger partial charge in [-0.1, -0.05) is 0 Å². The molecule has 0 unspecified atom stereocenters. The van der Waals surface area contributed by atoms with Crippen molar-refractivity contribution in [3.05, 3.63) is 36.0 Å². The maximum Gasteiger partial charge on any atom is 0.119 e. The normalized spacial score (nSPS) is 12.0. The minimum absolute atomic E-state index is 0.829. The van der Waals surface area contributed by atoms with Gasteiger partial charge in [-0.15, -0.1) is 0 Å². The molecule has 0 amide bonds. The van der Waals surface area contributed by atoms with Gasteiger partial charge in [0.1, 0.15) is 5.75 Å². The molecule has 1 rings (SSSR count). The molecule has 0 radical (unpaired) electrons. The average Bonchev–Trinajstić information content (AvgIpc) is 2.26. The second-order valence-electron chi connectivity index (χ2n) is 2.87. The quantitative estimate of drug-likeness (QED) is 0.743. The Hall–Kier alpha value is -1.77. The molecule has 0 bridgehead atoms. The lowest BCUT2D eigenvalue weighted by Gasteiger charge is -1.98. The van der Waals surface area contributed by atoms with Crippen LogP contribution in [-0.4, -0.2) is 13.3 Å². The van der Waals surface area contributed by atoms with E-state index in [0.29, 0.717) is 0 Å². The standard InChI is InChI=1S/C11H14N2O/c1-9(7-12)8-13-10-3-5-11(14-2)6-4-10/h3-8H,12H2,1-2H3. The molecule has 3 heteroatoms. The molecule has 1 aromatic rings. The summed E-state index contributed by atoms with van der Waals surface area (Å²) in [6, 6.07) is 7.51. The summed E-state index contributed by atoms with van der Waals surface area (Å²) >= 11 is 0. The SMILES string of the molecule is COc1ccc(N=CC(C)=CN)cc1. The maximum atomic E-state index is 5.31. The van der Waals surface area contributed by atoms with Gasteiger partial charge in [0.25, 0.3) is 0 Å². The molecule has 0 saturated carbocycles. The lowest BCUT2D eigenvalue weighted by molar-refractivity contribution is 0.415. The van der Waals surface area contributed by atoms with Crippen molar-refractivity contribution in [2.24, 2.45) is 10.7 Å². The van der Waals surface area contributed by atoms with E-state index in [4.69, 9.17) is 10.5 Å². The topological polar surface area (TPSA) is 47.6 Å². The summed E-state index contributed by atoms with van der Waals surface area (Å²) in [5, 5.41) is 0. The highest BCUT2D eigenvalue weighted by Crippen LogP contribution is 2.17. The molecule has 0 atom stereocenters. The van der Waals surface area contributed by atoms with E-state index < -0.39 is 0 Å². The number of benzene rings is 1. The number of nitrogens with two attached hydrogens (primary N) is 1. The summed E-state index contributed by atoms with van der Waals surface area (Å²) in [6.07, 6.45) is 3.24. The summed E-state index contributed by atoms with van der Waals surface area (Å²) < 4.78 is 5.03. The predicted molar refractivity (Wildman–Crippen MR) is 59.1 cm³/mol. The van der Waals surface area contributed by atoms with Gasteiger partial charge in [-0.3, -0.25) is 4.99 Å². The van der Waals surface area contributed by atoms with E-state index in [1.165, 1.54) is 6.20 Å². The first-order valence-electron chi connectivity index (χ1n) is 4.33. The maximum absolute atomic E-state index is 5.31. The van der Waals surface area contributed by atoms with Crippen molar-refractivity contribution in [1.29, 1.82) is 0 Å². The van der Waals surface area contributed by atoms with Crippen LogP contribution in [0.25, 0.3) is 0 Å². The first kappa shape index (κ1) is 10.3. The third kappa shape index (κ3) is 2.94. The summed E-state index contributed by atoms with van der Waals surface area (Å²) in [7, 11) is 1.64.